The lowest BCUT2D eigenvalue weighted by Crippen LogP contribution is -2.37. The topological polar surface area (TPSA) is 70.7 Å². The number of nitrogens with one attached hydrogen (secondary N) is 2. The van der Waals surface area contributed by atoms with Gasteiger partial charge in [0.25, 0.3) is 0 Å². The molecule has 1 aromatic rings. The maximum absolute atomic E-state index is 12.3. The Balaban J connectivity index is 0.00000312. The highest BCUT2D eigenvalue weighted by Gasteiger charge is 2.36. The molecule has 2 rings (SSSR count). The average molecular weight is 390 g/mol. The van der Waals surface area contributed by atoms with E-state index in [-0.39, 0.29) is 36.6 Å². The van der Waals surface area contributed by atoms with Crippen molar-refractivity contribution in [3.05, 3.63) is 23.2 Å². The maximum Gasteiger partial charge on any atom is 0.227 e. The molecule has 1 fully saturated rings. The molecule has 0 radical (unpaired) electrons. The van der Waals surface area contributed by atoms with Crippen LogP contribution in [0.4, 0.5) is 5.69 Å². The van der Waals surface area contributed by atoms with Crippen LogP contribution in [0.25, 0.3) is 0 Å². The summed E-state index contributed by atoms with van der Waals surface area (Å²) in [5.74, 6) is 0.0231. The van der Waals surface area contributed by atoms with Gasteiger partial charge in [-0.05, 0) is 31.2 Å². The molecule has 8 heteroatoms. The zero-order valence-electron chi connectivity index (χ0n) is 14.5. The summed E-state index contributed by atoms with van der Waals surface area (Å²) >= 11 is 6.03. The number of hydrogen-bond donors (Lipinski definition) is 2. The number of nitrogens with zero attached hydrogens (tertiary/aromatic N) is 1. The number of ether oxygens (including phenoxy) is 1. The molecule has 0 bridgehead atoms. The van der Waals surface area contributed by atoms with Crippen LogP contribution in [0.2, 0.25) is 5.02 Å². The van der Waals surface area contributed by atoms with Gasteiger partial charge in [-0.2, -0.15) is 0 Å². The molecule has 1 heterocycles. The van der Waals surface area contributed by atoms with Crippen molar-refractivity contribution in [2.45, 2.75) is 19.8 Å². The first-order valence-electron chi connectivity index (χ1n) is 8.19. The number of benzene rings is 1. The molecule has 6 nitrogen and oxygen atoms in total. The molecule has 1 aliphatic heterocycles. The van der Waals surface area contributed by atoms with Crippen molar-refractivity contribution >= 4 is 41.5 Å². The molecule has 1 saturated heterocycles. The number of hydrogen-bond acceptors (Lipinski definition) is 4. The van der Waals surface area contributed by atoms with Gasteiger partial charge in [0.15, 0.2) is 0 Å². The van der Waals surface area contributed by atoms with Gasteiger partial charge in [0.1, 0.15) is 5.75 Å². The third kappa shape index (κ3) is 5.76. The largest absolute Gasteiger partial charge is 0.495 e. The van der Waals surface area contributed by atoms with Gasteiger partial charge >= 0.3 is 0 Å². The molecule has 1 atom stereocenters. The molecule has 1 aliphatic rings. The van der Waals surface area contributed by atoms with Crippen LogP contribution >= 0.6 is 24.0 Å². The minimum atomic E-state index is -0.354. The Morgan fingerprint density at radius 2 is 2.12 bits per heavy atom. The van der Waals surface area contributed by atoms with Crippen LogP contribution in [0.5, 0.6) is 5.75 Å². The zero-order chi connectivity index (χ0) is 17.5. The summed E-state index contributed by atoms with van der Waals surface area (Å²) in [5, 5.41) is 6.62. The Labute approximate surface area is 159 Å². The van der Waals surface area contributed by atoms with E-state index in [0.717, 1.165) is 19.5 Å². The van der Waals surface area contributed by atoms with E-state index in [4.69, 9.17) is 16.3 Å². The van der Waals surface area contributed by atoms with Gasteiger partial charge in [-0.3, -0.25) is 9.59 Å². The van der Waals surface area contributed by atoms with Crippen molar-refractivity contribution in [2.75, 3.05) is 38.2 Å². The highest BCUT2D eigenvalue weighted by molar-refractivity contribution is 6.31. The molecule has 140 valence electrons. The first-order valence-corrected chi connectivity index (χ1v) is 8.57. The van der Waals surface area contributed by atoms with Gasteiger partial charge in [0.2, 0.25) is 11.8 Å². The summed E-state index contributed by atoms with van der Waals surface area (Å²) in [7, 11) is 1.54. The van der Waals surface area contributed by atoms with E-state index in [1.54, 1.807) is 30.2 Å². The van der Waals surface area contributed by atoms with Crippen LogP contribution in [0.3, 0.4) is 0 Å². The maximum atomic E-state index is 12.3. The van der Waals surface area contributed by atoms with E-state index in [9.17, 15) is 9.59 Å². The Kier molecular flexibility index (Phi) is 9.03. The molecule has 0 aliphatic carbocycles. The summed E-state index contributed by atoms with van der Waals surface area (Å²) in [5.41, 5.74) is 0.606. The highest BCUT2D eigenvalue weighted by atomic mass is 35.5. The molecule has 0 aromatic heterocycles. The average Bonchev–Trinajstić information content (AvgIpc) is 2.96. The summed E-state index contributed by atoms with van der Waals surface area (Å²) in [4.78, 5) is 26.1. The number of halogens is 2. The van der Waals surface area contributed by atoms with Gasteiger partial charge in [-0.15, -0.1) is 12.4 Å². The molecule has 25 heavy (non-hydrogen) atoms. The van der Waals surface area contributed by atoms with Crippen molar-refractivity contribution in [3.8, 4) is 5.75 Å². The van der Waals surface area contributed by atoms with Crippen LogP contribution in [0, 0.1) is 5.92 Å². The summed E-state index contributed by atoms with van der Waals surface area (Å²) < 4.78 is 5.30. The quantitative estimate of drug-likeness (QED) is 0.668. The minimum Gasteiger partial charge on any atom is -0.495 e. The van der Waals surface area contributed by atoms with Crippen molar-refractivity contribution < 1.29 is 14.3 Å². The number of carbonyl (C=O) groups is 2. The van der Waals surface area contributed by atoms with E-state index in [2.05, 4.69) is 17.6 Å². The molecule has 0 saturated carbocycles. The van der Waals surface area contributed by atoms with Gasteiger partial charge in [-0.25, -0.2) is 0 Å². The van der Waals surface area contributed by atoms with Crippen molar-refractivity contribution in [1.29, 1.82) is 0 Å². The Hall–Kier alpha value is -1.50. The van der Waals surface area contributed by atoms with E-state index < -0.39 is 0 Å². The van der Waals surface area contributed by atoms with E-state index in [1.807, 2.05) is 0 Å². The van der Waals surface area contributed by atoms with Gasteiger partial charge < -0.3 is 20.3 Å². The first kappa shape index (κ1) is 21.5. The first-order chi connectivity index (χ1) is 11.6. The number of rotatable bonds is 8. The fourth-order valence-electron chi connectivity index (χ4n) is 2.71. The zero-order valence-corrected chi connectivity index (χ0v) is 16.1. The second-order valence-corrected chi connectivity index (χ2v) is 6.20. The molecule has 2 amide bonds. The number of amides is 2. The lowest BCUT2D eigenvalue weighted by atomic mass is 10.1. The molecule has 2 N–H and O–H groups in total. The smallest absolute Gasteiger partial charge is 0.227 e. The highest BCUT2D eigenvalue weighted by Crippen LogP contribution is 2.35. The molecule has 1 unspecified atom stereocenters. The predicted molar refractivity (Wildman–Crippen MR) is 102 cm³/mol. The summed E-state index contributed by atoms with van der Waals surface area (Å²) in [6.45, 7) is 4.65. The lowest BCUT2D eigenvalue weighted by molar-refractivity contribution is -0.126. The van der Waals surface area contributed by atoms with E-state index in [0.29, 0.717) is 29.5 Å². The van der Waals surface area contributed by atoms with Crippen LogP contribution in [-0.4, -0.2) is 45.1 Å². The SMILES string of the molecule is CCCNCCNC(=O)C1CC(=O)N(c2cc(Cl)ccc2OC)C1.Cl. The summed E-state index contributed by atoms with van der Waals surface area (Å²) in [6.07, 6.45) is 1.26. The number of methoxy groups -OCH3 is 1. The Bertz CT molecular complexity index is 599. The number of carbonyl (C=O) groups excluding carboxylic acids is 2. The standard InChI is InChI=1S/C17H24ClN3O3.ClH/c1-3-6-19-7-8-20-17(23)12-9-16(22)21(11-12)14-10-13(18)4-5-15(14)24-2;/h4-5,10,12,19H,3,6-9,11H2,1-2H3,(H,20,23);1H. The fraction of sp³-hybridized carbons (Fsp3) is 0.529. The van der Waals surface area contributed by atoms with Crippen molar-refractivity contribution in [2.24, 2.45) is 5.92 Å². The van der Waals surface area contributed by atoms with E-state index in [1.165, 1.54) is 0 Å². The minimum absolute atomic E-state index is 0. The lowest BCUT2D eigenvalue weighted by Gasteiger charge is -2.20. The van der Waals surface area contributed by atoms with Crippen molar-refractivity contribution in [3.63, 3.8) is 0 Å². The number of anilines is 1. The van der Waals surface area contributed by atoms with E-state index >= 15 is 0 Å². The third-order valence-electron chi connectivity index (χ3n) is 3.96. The second-order valence-electron chi connectivity index (χ2n) is 5.76. The molecule has 0 spiro atoms. The summed E-state index contributed by atoms with van der Waals surface area (Å²) in [6, 6.07) is 5.11. The van der Waals surface area contributed by atoms with Gasteiger partial charge in [0, 0.05) is 31.1 Å². The molecule has 1 aromatic carbocycles. The predicted octanol–water partition coefficient (Wildman–Crippen LogP) is 2.24. The van der Waals surface area contributed by atoms with Crippen LogP contribution in [0.15, 0.2) is 18.2 Å². The Morgan fingerprint density at radius 1 is 1.36 bits per heavy atom. The molecular formula is C17H25Cl2N3O3. The van der Waals surface area contributed by atoms with Crippen LogP contribution in [-0.2, 0) is 9.59 Å². The van der Waals surface area contributed by atoms with Crippen LogP contribution in [0.1, 0.15) is 19.8 Å². The second kappa shape index (κ2) is 10.5. The Morgan fingerprint density at radius 3 is 2.80 bits per heavy atom. The van der Waals surface area contributed by atoms with Crippen molar-refractivity contribution in [1.82, 2.24) is 10.6 Å². The third-order valence-corrected chi connectivity index (χ3v) is 4.19. The normalized spacial score (nSPS) is 16.5. The van der Waals surface area contributed by atoms with Crippen LogP contribution < -0.4 is 20.3 Å². The fourth-order valence-corrected chi connectivity index (χ4v) is 2.88. The monoisotopic (exact) mass is 389 g/mol. The van der Waals surface area contributed by atoms with Gasteiger partial charge in [0.05, 0.1) is 18.7 Å². The van der Waals surface area contributed by atoms with Gasteiger partial charge in [-0.1, -0.05) is 18.5 Å². The molecular weight excluding hydrogens is 365 g/mol.